The molecule has 0 radical (unpaired) electrons. The molecule has 7 nitrogen and oxygen atoms in total. The Hall–Kier alpha value is -3.71. The molecule has 3 aromatic carbocycles. The number of nitro benzene ring substituents is 1. The highest BCUT2D eigenvalue weighted by atomic mass is 16.6. The first-order chi connectivity index (χ1) is 15.4. The maximum atomic E-state index is 13.1. The number of rotatable bonds is 5. The Balaban J connectivity index is 1.70. The van der Waals surface area contributed by atoms with Gasteiger partial charge in [0.05, 0.1) is 16.1 Å². The van der Waals surface area contributed by atoms with Crippen LogP contribution in [0.15, 0.2) is 78.9 Å². The molecule has 1 aliphatic rings. The van der Waals surface area contributed by atoms with Crippen molar-refractivity contribution >= 4 is 17.3 Å². The van der Waals surface area contributed by atoms with Gasteiger partial charge in [0.2, 0.25) is 0 Å². The van der Waals surface area contributed by atoms with Gasteiger partial charge in [-0.2, -0.15) is 0 Å². The molecule has 3 aromatic rings. The zero-order valence-corrected chi connectivity index (χ0v) is 17.9. The molecule has 0 spiro atoms. The van der Waals surface area contributed by atoms with E-state index in [9.17, 15) is 14.9 Å². The maximum Gasteiger partial charge on any atom is 0.284 e. The van der Waals surface area contributed by atoms with E-state index in [1.54, 1.807) is 0 Å². The standard InChI is InChI=1S/C25H26N4O3/c1-28-16-15-20(27-24(30)23-21(26)13-8-14-22(23)29(31)32)17-25(28,18-9-4-2-5-10-18)19-11-6-3-7-12-19/h2-14,20H,15-17,26H2,1H3,(H,27,30). The monoisotopic (exact) mass is 430 g/mol. The predicted molar refractivity (Wildman–Crippen MR) is 124 cm³/mol. The number of benzene rings is 3. The van der Waals surface area contributed by atoms with E-state index >= 15 is 0 Å². The van der Waals surface area contributed by atoms with Gasteiger partial charge < -0.3 is 11.1 Å². The molecule has 7 heteroatoms. The summed E-state index contributed by atoms with van der Waals surface area (Å²) in [6, 6.07) is 24.6. The number of nitro groups is 1. The van der Waals surface area contributed by atoms with Gasteiger partial charge in [-0.1, -0.05) is 66.7 Å². The largest absolute Gasteiger partial charge is 0.398 e. The van der Waals surface area contributed by atoms with Crippen LogP contribution in [0.1, 0.15) is 34.3 Å². The molecule has 4 rings (SSSR count). The average Bonchev–Trinajstić information content (AvgIpc) is 2.81. The SMILES string of the molecule is CN1CCC(NC(=O)c2c(N)cccc2[N+](=O)[O-])CC1(c1ccccc1)c1ccccc1. The first-order valence-corrected chi connectivity index (χ1v) is 10.6. The molecule has 1 heterocycles. The number of hydrogen-bond donors (Lipinski definition) is 2. The smallest absolute Gasteiger partial charge is 0.284 e. The van der Waals surface area contributed by atoms with Crippen LogP contribution in [0.4, 0.5) is 11.4 Å². The topological polar surface area (TPSA) is 102 Å². The van der Waals surface area contributed by atoms with Crippen molar-refractivity contribution in [3.63, 3.8) is 0 Å². The Bertz CT molecular complexity index is 1080. The van der Waals surface area contributed by atoms with E-state index in [1.165, 1.54) is 18.2 Å². The second-order valence-corrected chi connectivity index (χ2v) is 8.18. The van der Waals surface area contributed by atoms with Gasteiger partial charge in [-0.05, 0) is 37.1 Å². The van der Waals surface area contributed by atoms with Crippen LogP contribution < -0.4 is 11.1 Å². The van der Waals surface area contributed by atoms with Crippen molar-refractivity contribution in [3.8, 4) is 0 Å². The molecule has 0 aliphatic carbocycles. The molecule has 1 fully saturated rings. The molecule has 3 N–H and O–H groups in total. The third-order valence-corrected chi connectivity index (χ3v) is 6.34. The minimum atomic E-state index is -0.571. The molecule has 0 bridgehead atoms. The zero-order chi connectivity index (χ0) is 22.7. The Kier molecular flexibility index (Phi) is 5.92. The van der Waals surface area contributed by atoms with Crippen molar-refractivity contribution in [2.45, 2.75) is 24.4 Å². The number of nitrogens with two attached hydrogens (primary N) is 1. The molecule has 1 aliphatic heterocycles. The number of likely N-dealkylation sites (tertiary alicyclic amines) is 1. The Morgan fingerprint density at radius 2 is 1.62 bits per heavy atom. The summed E-state index contributed by atoms with van der Waals surface area (Å²) >= 11 is 0. The van der Waals surface area contributed by atoms with Crippen LogP contribution in [0.3, 0.4) is 0 Å². The van der Waals surface area contributed by atoms with Crippen molar-refractivity contribution in [2.24, 2.45) is 0 Å². The number of amides is 1. The summed E-state index contributed by atoms with van der Waals surface area (Å²) in [5, 5.41) is 14.5. The van der Waals surface area contributed by atoms with Crippen molar-refractivity contribution in [1.29, 1.82) is 0 Å². The number of carbonyl (C=O) groups excluding carboxylic acids is 1. The number of nitrogens with zero attached hydrogens (tertiary/aromatic N) is 2. The number of hydrogen-bond acceptors (Lipinski definition) is 5. The fourth-order valence-corrected chi connectivity index (χ4v) is 4.76. The highest BCUT2D eigenvalue weighted by molar-refractivity contribution is 6.03. The molecule has 1 saturated heterocycles. The summed E-state index contributed by atoms with van der Waals surface area (Å²) in [5.41, 5.74) is 7.52. The number of nitrogens with one attached hydrogen (secondary N) is 1. The predicted octanol–water partition coefficient (Wildman–Crippen LogP) is 3.94. The van der Waals surface area contributed by atoms with E-state index in [-0.39, 0.29) is 23.0 Å². The van der Waals surface area contributed by atoms with Gasteiger partial charge in [-0.25, -0.2) is 0 Å². The summed E-state index contributed by atoms with van der Waals surface area (Å²) in [5.74, 6) is -0.514. The lowest BCUT2D eigenvalue weighted by Gasteiger charge is -2.49. The minimum Gasteiger partial charge on any atom is -0.398 e. The maximum absolute atomic E-state index is 13.1. The van der Waals surface area contributed by atoms with Crippen LogP contribution in [0.25, 0.3) is 0 Å². The van der Waals surface area contributed by atoms with Gasteiger partial charge in [-0.15, -0.1) is 0 Å². The third-order valence-electron chi connectivity index (χ3n) is 6.34. The summed E-state index contributed by atoms with van der Waals surface area (Å²) in [6.07, 6.45) is 1.36. The van der Waals surface area contributed by atoms with Crippen LogP contribution in [0.2, 0.25) is 0 Å². The minimum absolute atomic E-state index is 0.0820. The molecular weight excluding hydrogens is 404 g/mol. The fourth-order valence-electron chi connectivity index (χ4n) is 4.76. The van der Waals surface area contributed by atoms with Crippen LogP contribution >= 0.6 is 0 Å². The zero-order valence-electron chi connectivity index (χ0n) is 17.9. The van der Waals surface area contributed by atoms with E-state index in [0.717, 1.165) is 24.1 Å². The molecule has 1 atom stereocenters. The highest BCUT2D eigenvalue weighted by Gasteiger charge is 2.44. The van der Waals surface area contributed by atoms with E-state index < -0.39 is 16.4 Å². The Morgan fingerprint density at radius 1 is 1.03 bits per heavy atom. The molecule has 32 heavy (non-hydrogen) atoms. The van der Waals surface area contributed by atoms with E-state index in [2.05, 4.69) is 41.5 Å². The van der Waals surface area contributed by atoms with Crippen molar-refractivity contribution in [3.05, 3.63) is 106 Å². The second-order valence-electron chi connectivity index (χ2n) is 8.18. The van der Waals surface area contributed by atoms with Gasteiger partial charge in [0, 0.05) is 18.7 Å². The van der Waals surface area contributed by atoms with E-state index in [4.69, 9.17) is 5.73 Å². The van der Waals surface area contributed by atoms with Crippen LogP contribution in [0, 0.1) is 10.1 Å². The van der Waals surface area contributed by atoms with E-state index in [1.807, 2.05) is 36.4 Å². The van der Waals surface area contributed by atoms with Gasteiger partial charge >= 0.3 is 0 Å². The summed E-state index contributed by atoms with van der Waals surface area (Å²) in [7, 11) is 2.10. The number of anilines is 1. The number of piperidine rings is 1. The van der Waals surface area contributed by atoms with Gasteiger partial charge in [-0.3, -0.25) is 19.8 Å². The van der Waals surface area contributed by atoms with Crippen LogP contribution in [-0.2, 0) is 5.54 Å². The van der Waals surface area contributed by atoms with Crippen molar-refractivity contribution in [1.82, 2.24) is 10.2 Å². The van der Waals surface area contributed by atoms with Gasteiger partial charge in [0.1, 0.15) is 5.56 Å². The van der Waals surface area contributed by atoms with Crippen LogP contribution in [-0.4, -0.2) is 35.4 Å². The van der Waals surface area contributed by atoms with Gasteiger partial charge in [0.25, 0.3) is 11.6 Å². The van der Waals surface area contributed by atoms with Gasteiger partial charge in [0.15, 0.2) is 0 Å². The molecule has 164 valence electrons. The number of carbonyl (C=O) groups is 1. The molecular formula is C25H26N4O3. The van der Waals surface area contributed by atoms with Crippen molar-refractivity contribution < 1.29 is 9.72 Å². The fraction of sp³-hybridized carbons (Fsp3) is 0.240. The number of nitrogen functional groups attached to an aromatic ring is 1. The quantitative estimate of drug-likeness (QED) is 0.363. The lowest BCUT2D eigenvalue weighted by atomic mass is 9.73. The Labute approximate surface area is 187 Å². The normalized spacial score (nSPS) is 18.1. The van der Waals surface area contributed by atoms with Crippen LogP contribution in [0.5, 0.6) is 0 Å². The molecule has 1 unspecified atom stereocenters. The summed E-state index contributed by atoms with van der Waals surface area (Å²) in [6.45, 7) is 0.751. The van der Waals surface area contributed by atoms with Crippen molar-refractivity contribution in [2.75, 3.05) is 19.3 Å². The average molecular weight is 431 g/mol. The third kappa shape index (κ3) is 3.83. The molecule has 1 amide bonds. The first kappa shape index (κ1) is 21.5. The molecule has 0 aromatic heterocycles. The summed E-state index contributed by atoms with van der Waals surface area (Å²) < 4.78 is 0. The Morgan fingerprint density at radius 3 is 2.19 bits per heavy atom. The first-order valence-electron chi connectivity index (χ1n) is 10.6. The summed E-state index contributed by atoms with van der Waals surface area (Å²) in [4.78, 5) is 26.3. The second kappa shape index (κ2) is 8.80. The van der Waals surface area contributed by atoms with E-state index in [0.29, 0.717) is 6.42 Å². The highest BCUT2D eigenvalue weighted by Crippen LogP contribution is 2.42. The molecule has 0 saturated carbocycles. The lowest BCUT2D eigenvalue weighted by Crippen LogP contribution is -2.55. The lowest BCUT2D eigenvalue weighted by molar-refractivity contribution is -0.385.